The summed E-state index contributed by atoms with van der Waals surface area (Å²) < 4.78 is 22.6. The highest BCUT2D eigenvalue weighted by molar-refractivity contribution is 7.91. The molecule has 6 nitrogen and oxygen atoms in total. The summed E-state index contributed by atoms with van der Waals surface area (Å²) in [5.74, 6) is 0.167. The fraction of sp³-hybridized carbons (Fsp3) is 0.778. The van der Waals surface area contributed by atoms with Gasteiger partial charge in [-0.15, -0.1) is 0 Å². The maximum Gasteiger partial charge on any atom is 0.318 e. The molecule has 0 aromatic carbocycles. The predicted molar refractivity (Wildman–Crippen MR) is 58.5 cm³/mol. The summed E-state index contributed by atoms with van der Waals surface area (Å²) in [4.78, 5) is 13.1. The summed E-state index contributed by atoms with van der Waals surface area (Å²) in [6.45, 7) is 2.17. The van der Waals surface area contributed by atoms with Crippen molar-refractivity contribution in [3.05, 3.63) is 0 Å². The smallest absolute Gasteiger partial charge is 0.318 e. The van der Waals surface area contributed by atoms with Crippen molar-refractivity contribution in [2.45, 2.75) is 19.4 Å². The van der Waals surface area contributed by atoms with Crippen LogP contribution < -0.4 is 5.32 Å². The Balaban J connectivity index is 2.62. The van der Waals surface area contributed by atoms with Crippen LogP contribution in [0.5, 0.6) is 0 Å². The Bertz CT molecular complexity index is 399. The van der Waals surface area contributed by atoms with Crippen LogP contribution >= 0.6 is 0 Å². The molecule has 1 aliphatic heterocycles. The molecule has 16 heavy (non-hydrogen) atoms. The van der Waals surface area contributed by atoms with Gasteiger partial charge in [0.25, 0.3) is 0 Å². The molecule has 0 saturated carbocycles. The minimum atomic E-state index is -2.99. The minimum Gasteiger partial charge on any atom is -0.325 e. The maximum atomic E-state index is 11.6. The van der Waals surface area contributed by atoms with Gasteiger partial charge in [-0.25, -0.2) is 13.2 Å². The van der Waals surface area contributed by atoms with E-state index in [-0.39, 0.29) is 30.1 Å². The predicted octanol–water partition coefficient (Wildman–Crippen LogP) is -0.271. The SMILES string of the molecule is CCN(C(=O)NCC#N)C1CCS(=O)(=O)C1. The molecule has 1 atom stereocenters. The second kappa shape index (κ2) is 5.16. The van der Waals surface area contributed by atoms with E-state index in [1.165, 1.54) is 4.90 Å². The van der Waals surface area contributed by atoms with Crippen LogP contribution in [0.2, 0.25) is 0 Å². The van der Waals surface area contributed by atoms with E-state index in [1.807, 2.05) is 6.07 Å². The molecule has 1 unspecified atom stereocenters. The number of carbonyl (C=O) groups excluding carboxylic acids is 1. The van der Waals surface area contributed by atoms with Gasteiger partial charge in [0.1, 0.15) is 6.54 Å². The van der Waals surface area contributed by atoms with Crippen LogP contribution in [-0.4, -0.2) is 50.0 Å². The number of carbonyl (C=O) groups is 1. The Labute approximate surface area is 95.1 Å². The quantitative estimate of drug-likeness (QED) is 0.693. The molecule has 1 fully saturated rings. The molecule has 1 N–H and O–H groups in total. The molecule has 0 bridgehead atoms. The van der Waals surface area contributed by atoms with Crippen LogP contribution in [0.15, 0.2) is 0 Å². The number of sulfone groups is 1. The summed E-state index contributed by atoms with van der Waals surface area (Å²) in [6.07, 6.45) is 0.482. The summed E-state index contributed by atoms with van der Waals surface area (Å²) >= 11 is 0. The molecule has 1 heterocycles. The Morgan fingerprint density at radius 1 is 1.62 bits per heavy atom. The van der Waals surface area contributed by atoms with Crippen LogP contribution in [0, 0.1) is 11.3 Å². The largest absolute Gasteiger partial charge is 0.325 e. The van der Waals surface area contributed by atoms with Crippen molar-refractivity contribution in [1.29, 1.82) is 5.26 Å². The van der Waals surface area contributed by atoms with Crippen molar-refractivity contribution in [3.8, 4) is 6.07 Å². The van der Waals surface area contributed by atoms with Gasteiger partial charge in [-0.2, -0.15) is 5.26 Å². The lowest BCUT2D eigenvalue weighted by atomic mass is 10.2. The lowest BCUT2D eigenvalue weighted by Gasteiger charge is -2.26. The Morgan fingerprint density at radius 2 is 2.31 bits per heavy atom. The normalized spacial score (nSPS) is 22.4. The molecule has 0 aromatic heterocycles. The molecular weight excluding hydrogens is 230 g/mol. The van der Waals surface area contributed by atoms with Gasteiger partial charge in [0, 0.05) is 12.6 Å². The molecule has 7 heteroatoms. The van der Waals surface area contributed by atoms with Crippen molar-refractivity contribution in [2.75, 3.05) is 24.6 Å². The third kappa shape index (κ3) is 3.10. The van der Waals surface area contributed by atoms with E-state index >= 15 is 0 Å². The first-order valence-electron chi connectivity index (χ1n) is 5.12. The number of urea groups is 1. The van der Waals surface area contributed by atoms with E-state index in [0.29, 0.717) is 13.0 Å². The van der Waals surface area contributed by atoms with Gasteiger partial charge < -0.3 is 10.2 Å². The van der Waals surface area contributed by atoms with Gasteiger partial charge in [0.05, 0.1) is 17.6 Å². The Kier molecular flexibility index (Phi) is 4.12. The number of hydrogen-bond acceptors (Lipinski definition) is 4. The number of amides is 2. The monoisotopic (exact) mass is 245 g/mol. The Hall–Kier alpha value is -1.29. The van der Waals surface area contributed by atoms with E-state index in [4.69, 9.17) is 5.26 Å². The molecule has 0 aliphatic carbocycles. The lowest BCUT2D eigenvalue weighted by Crippen LogP contribution is -2.46. The highest BCUT2D eigenvalue weighted by atomic mass is 32.2. The van der Waals surface area contributed by atoms with Crippen LogP contribution in [0.4, 0.5) is 4.79 Å². The van der Waals surface area contributed by atoms with E-state index in [1.54, 1.807) is 6.92 Å². The first-order chi connectivity index (χ1) is 7.50. The Morgan fingerprint density at radius 3 is 2.75 bits per heavy atom. The summed E-state index contributed by atoms with van der Waals surface area (Å²) in [5.41, 5.74) is 0. The molecule has 0 aromatic rings. The third-order valence-corrected chi connectivity index (χ3v) is 4.32. The van der Waals surface area contributed by atoms with E-state index in [2.05, 4.69) is 5.32 Å². The van der Waals surface area contributed by atoms with Crippen molar-refractivity contribution >= 4 is 15.9 Å². The van der Waals surface area contributed by atoms with Gasteiger partial charge in [-0.3, -0.25) is 0 Å². The van der Waals surface area contributed by atoms with Crippen molar-refractivity contribution in [2.24, 2.45) is 0 Å². The summed E-state index contributed by atoms with van der Waals surface area (Å²) in [6, 6.07) is 1.18. The van der Waals surface area contributed by atoms with E-state index in [0.717, 1.165) is 0 Å². The second-order valence-electron chi connectivity index (χ2n) is 3.66. The van der Waals surface area contributed by atoms with E-state index < -0.39 is 9.84 Å². The van der Waals surface area contributed by atoms with Crippen LogP contribution in [-0.2, 0) is 9.84 Å². The highest BCUT2D eigenvalue weighted by Gasteiger charge is 2.33. The maximum absolute atomic E-state index is 11.6. The first kappa shape index (κ1) is 12.8. The second-order valence-corrected chi connectivity index (χ2v) is 5.89. The average Bonchev–Trinajstić information content (AvgIpc) is 2.57. The van der Waals surface area contributed by atoms with Gasteiger partial charge in [-0.05, 0) is 13.3 Å². The molecule has 90 valence electrons. The number of nitrogens with zero attached hydrogens (tertiary/aromatic N) is 2. The van der Waals surface area contributed by atoms with Gasteiger partial charge in [0.2, 0.25) is 0 Å². The molecule has 0 spiro atoms. The topological polar surface area (TPSA) is 90.3 Å². The zero-order chi connectivity index (χ0) is 12.2. The first-order valence-corrected chi connectivity index (χ1v) is 6.94. The van der Waals surface area contributed by atoms with E-state index in [9.17, 15) is 13.2 Å². The molecule has 1 rings (SSSR count). The van der Waals surface area contributed by atoms with Gasteiger partial charge in [0.15, 0.2) is 9.84 Å². The number of nitrogens with one attached hydrogen (secondary N) is 1. The molecule has 1 saturated heterocycles. The fourth-order valence-corrected chi connectivity index (χ4v) is 3.54. The summed E-state index contributed by atoms with van der Waals surface area (Å²) in [5, 5.41) is 10.8. The highest BCUT2D eigenvalue weighted by Crippen LogP contribution is 2.17. The number of hydrogen-bond donors (Lipinski definition) is 1. The molecule has 0 radical (unpaired) electrons. The fourth-order valence-electron chi connectivity index (χ4n) is 1.81. The standard InChI is InChI=1S/C9H15N3O3S/c1-2-12(9(13)11-5-4-10)8-3-6-16(14,15)7-8/h8H,2-3,5-7H2,1H3,(H,11,13). The number of nitriles is 1. The molecule has 2 amide bonds. The third-order valence-electron chi connectivity index (χ3n) is 2.57. The molecular formula is C9H15N3O3S. The average molecular weight is 245 g/mol. The van der Waals surface area contributed by atoms with Gasteiger partial charge in [-0.1, -0.05) is 0 Å². The van der Waals surface area contributed by atoms with Crippen molar-refractivity contribution in [1.82, 2.24) is 10.2 Å². The molecule has 1 aliphatic rings. The van der Waals surface area contributed by atoms with Crippen molar-refractivity contribution < 1.29 is 13.2 Å². The lowest BCUT2D eigenvalue weighted by molar-refractivity contribution is 0.185. The summed E-state index contributed by atoms with van der Waals surface area (Å²) in [7, 11) is -2.99. The minimum absolute atomic E-state index is 0.0286. The van der Waals surface area contributed by atoms with Crippen LogP contribution in [0.1, 0.15) is 13.3 Å². The number of rotatable bonds is 3. The van der Waals surface area contributed by atoms with Crippen LogP contribution in [0.3, 0.4) is 0 Å². The zero-order valence-corrected chi connectivity index (χ0v) is 9.96. The van der Waals surface area contributed by atoms with Crippen LogP contribution in [0.25, 0.3) is 0 Å². The van der Waals surface area contributed by atoms with Crippen molar-refractivity contribution in [3.63, 3.8) is 0 Å². The van der Waals surface area contributed by atoms with Gasteiger partial charge >= 0.3 is 6.03 Å². The zero-order valence-electron chi connectivity index (χ0n) is 9.14.